The third kappa shape index (κ3) is 5.06. The number of hydrogen-bond donors (Lipinski definition) is 0. The molecule has 1 rings (SSSR count). The molecule has 112 valence electrons. The van der Waals surface area contributed by atoms with Crippen molar-refractivity contribution in [3.05, 3.63) is 23.8 Å². The molecule has 1 aromatic rings. The summed E-state index contributed by atoms with van der Waals surface area (Å²) in [6.45, 7) is 9.59. The summed E-state index contributed by atoms with van der Waals surface area (Å²) < 4.78 is 26.5. The molecular weight excluding hydrogens is 274 g/mol. The highest BCUT2D eigenvalue weighted by Gasteiger charge is 2.25. The third-order valence-electron chi connectivity index (χ3n) is 2.39. The van der Waals surface area contributed by atoms with Crippen LogP contribution in [0.5, 0.6) is 11.5 Å². The van der Waals surface area contributed by atoms with Crippen molar-refractivity contribution in [3.8, 4) is 11.5 Å². The van der Waals surface area contributed by atoms with Crippen molar-refractivity contribution in [1.82, 2.24) is 0 Å². The Bertz CT molecular complexity index is 467. The van der Waals surface area contributed by atoms with Crippen LogP contribution in [0.4, 0.5) is 0 Å². The molecule has 0 heterocycles. The van der Waals surface area contributed by atoms with Gasteiger partial charge in [-0.05, 0) is 46.8 Å². The van der Waals surface area contributed by atoms with Crippen molar-refractivity contribution in [1.29, 1.82) is 0 Å². The summed E-state index contributed by atoms with van der Waals surface area (Å²) in [5.74, 6) is 1.39. The van der Waals surface area contributed by atoms with Gasteiger partial charge in [-0.25, -0.2) is 0 Å². The van der Waals surface area contributed by atoms with E-state index in [1.54, 1.807) is 19.4 Å². The molecule has 0 radical (unpaired) electrons. The summed E-state index contributed by atoms with van der Waals surface area (Å²) in [4.78, 5) is 0. The lowest BCUT2D eigenvalue weighted by molar-refractivity contribution is 0.241. The van der Waals surface area contributed by atoms with E-state index in [1.807, 2.05) is 46.8 Å². The second kappa shape index (κ2) is 6.99. The summed E-state index contributed by atoms with van der Waals surface area (Å²) in [7, 11) is 1.59. The average Bonchev–Trinajstić information content (AvgIpc) is 2.34. The molecular formula is C15H23NO3S. The minimum absolute atomic E-state index is 0.104. The van der Waals surface area contributed by atoms with Crippen LogP contribution in [0.25, 0.3) is 0 Å². The fraction of sp³-hybridized carbons (Fsp3) is 0.533. The van der Waals surface area contributed by atoms with E-state index in [4.69, 9.17) is 9.47 Å². The molecule has 4 nitrogen and oxygen atoms in total. The lowest BCUT2D eigenvalue weighted by Crippen LogP contribution is -2.25. The second-order valence-electron chi connectivity index (χ2n) is 5.67. The maximum Gasteiger partial charge on any atom is 0.144 e. The van der Waals surface area contributed by atoms with Crippen LogP contribution >= 0.6 is 0 Å². The van der Waals surface area contributed by atoms with Crippen LogP contribution in [0.1, 0.15) is 40.2 Å². The van der Waals surface area contributed by atoms with Gasteiger partial charge in [-0.3, -0.25) is 0 Å². The first-order valence-electron chi connectivity index (χ1n) is 6.55. The van der Waals surface area contributed by atoms with Crippen LogP contribution < -0.4 is 9.47 Å². The van der Waals surface area contributed by atoms with Gasteiger partial charge < -0.3 is 14.0 Å². The average molecular weight is 297 g/mol. The number of ether oxygens (including phenoxy) is 2. The number of hydrogen-bond acceptors (Lipinski definition) is 4. The van der Waals surface area contributed by atoms with Gasteiger partial charge in [0, 0.05) is 11.6 Å². The lowest BCUT2D eigenvalue weighted by atomic mass is 10.2. The van der Waals surface area contributed by atoms with Crippen LogP contribution in [0, 0.1) is 0 Å². The number of rotatable bonds is 5. The molecule has 0 aliphatic carbocycles. The summed E-state index contributed by atoms with van der Waals surface area (Å²) >= 11 is -1.28. The van der Waals surface area contributed by atoms with E-state index >= 15 is 0 Å². The molecule has 20 heavy (non-hydrogen) atoms. The fourth-order valence-electron chi connectivity index (χ4n) is 1.41. The van der Waals surface area contributed by atoms with Gasteiger partial charge in [0.2, 0.25) is 0 Å². The van der Waals surface area contributed by atoms with Crippen LogP contribution in [0.2, 0.25) is 0 Å². The zero-order chi connectivity index (χ0) is 15.3. The molecule has 5 heteroatoms. The monoisotopic (exact) mass is 297 g/mol. The minimum atomic E-state index is -1.28. The van der Waals surface area contributed by atoms with E-state index < -0.39 is 11.4 Å². The molecule has 0 N–H and O–H groups in total. The molecule has 0 spiro atoms. The lowest BCUT2D eigenvalue weighted by Gasteiger charge is -2.18. The first-order chi connectivity index (χ1) is 9.24. The van der Waals surface area contributed by atoms with Crippen molar-refractivity contribution in [3.63, 3.8) is 0 Å². The maximum absolute atomic E-state index is 11.9. The molecule has 0 saturated heterocycles. The Labute approximate surface area is 124 Å². The van der Waals surface area contributed by atoms with Gasteiger partial charge in [-0.15, -0.1) is 0 Å². The highest BCUT2D eigenvalue weighted by molar-refractivity contribution is 7.91. The van der Waals surface area contributed by atoms with Crippen molar-refractivity contribution in [2.75, 3.05) is 7.11 Å². The quantitative estimate of drug-likeness (QED) is 0.618. The Morgan fingerprint density at radius 2 is 1.95 bits per heavy atom. The first kappa shape index (κ1) is 16.9. The predicted molar refractivity (Wildman–Crippen MR) is 84.2 cm³/mol. The van der Waals surface area contributed by atoms with Gasteiger partial charge >= 0.3 is 0 Å². The Balaban J connectivity index is 2.93. The smallest absolute Gasteiger partial charge is 0.144 e. The predicted octanol–water partition coefficient (Wildman–Crippen LogP) is 3.36. The third-order valence-corrected chi connectivity index (χ3v) is 3.73. The van der Waals surface area contributed by atoms with Gasteiger partial charge in [-0.1, -0.05) is 4.40 Å². The Hall–Kier alpha value is -1.20. The van der Waals surface area contributed by atoms with Gasteiger partial charge in [0.1, 0.15) is 27.6 Å². The van der Waals surface area contributed by atoms with Crippen molar-refractivity contribution >= 4 is 17.6 Å². The molecule has 0 bridgehead atoms. The molecule has 1 aromatic carbocycles. The Kier molecular flexibility index (Phi) is 5.89. The Morgan fingerprint density at radius 3 is 2.45 bits per heavy atom. The topological polar surface area (TPSA) is 53.9 Å². The largest absolute Gasteiger partial charge is 0.591 e. The van der Waals surface area contributed by atoms with E-state index in [2.05, 4.69) is 4.40 Å². The highest BCUT2D eigenvalue weighted by atomic mass is 32.2. The van der Waals surface area contributed by atoms with E-state index in [9.17, 15) is 4.55 Å². The molecule has 0 aromatic heterocycles. The molecule has 0 fully saturated rings. The zero-order valence-corrected chi connectivity index (χ0v) is 13.8. The van der Waals surface area contributed by atoms with E-state index in [1.165, 1.54) is 0 Å². The number of methoxy groups -OCH3 is 1. The van der Waals surface area contributed by atoms with E-state index in [0.29, 0.717) is 5.75 Å². The number of benzene rings is 1. The summed E-state index contributed by atoms with van der Waals surface area (Å²) in [5, 5.41) is 0. The first-order valence-corrected chi connectivity index (χ1v) is 7.65. The Morgan fingerprint density at radius 1 is 1.30 bits per heavy atom. The van der Waals surface area contributed by atoms with E-state index in [-0.39, 0.29) is 10.9 Å². The summed E-state index contributed by atoms with van der Waals surface area (Å²) in [6, 6.07) is 5.51. The van der Waals surface area contributed by atoms with Crippen LogP contribution in [-0.2, 0) is 11.4 Å². The maximum atomic E-state index is 11.9. The van der Waals surface area contributed by atoms with Crippen LogP contribution in [0.15, 0.2) is 22.6 Å². The summed E-state index contributed by atoms with van der Waals surface area (Å²) in [6.07, 6.45) is 1.69. The molecule has 0 aliphatic rings. The zero-order valence-electron chi connectivity index (χ0n) is 13.0. The minimum Gasteiger partial charge on any atom is -0.591 e. The SMILES string of the molecule is COc1cc(OC(C)C)ccc1C=N[S+]([O-])C(C)(C)C. The van der Waals surface area contributed by atoms with Gasteiger partial charge in [0.25, 0.3) is 0 Å². The second-order valence-corrected chi connectivity index (χ2v) is 7.60. The van der Waals surface area contributed by atoms with Gasteiger partial charge in [0.15, 0.2) is 0 Å². The molecule has 1 unspecified atom stereocenters. The van der Waals surface area contributed by atoms with Gasteiger partial charge in [0.05, 0.1) is 19.4 Å². The van der Waals surface area contributed by atoms with Gasteiger partial charge in [-0.2, -0.15) is 0 Å². The van der Waals surface area contributed by atoms with Crippen molar-refractivity contribution in [2.24, 2.45) is 4.40 Å². The summed E-state index contributed by atoms with van der Waals surface area (Å²) in [5.41, 5.74) is 0.779. The standard InChI is InChI=1S/C15H23NO3S/c1-11(2)19-13-8-7-12(14(9-13)18-6)10-16-20(17)15(3,4)5/h7-11H,1-6H3. The molecule has 0 aliphatic heterocycles. The van der Waals surface area contributed by atoms with Crippen molar-refractivity contribution < 1.29 is 14.0 Å². The van der Waals surface area contributed by atoms with Crippen LogP contribution in [-0.4, -0.2) is 28.7 Å². The fourth-order valence-corrected chi connectivity index (χ4v) is 1.93. The highest BCUT2D eigenvalue weighted by Crippen LogP contribution is 2.25. The normalized spacial score (nSPS) is 13.8. The molecule has 0 saturated carbocycles. The number of nitrogens with zero attached hydrogens (tertiary/aromatic N) is 1. The molecule has 0 amide bonds. The van der Waals surface area contributed by atoms with Crippen molar-refractivity contribution in [2.45, 2.75) is 45.5 Å². The van der Waals surface area contributed by atoms with Crippen LogP contribution in [0.3, 0.4) is 0 Å². The van der Waals surface area contributed by atoms with E-state index in [0.717, 1.165) is 11.3 Å². The molecule has 1 atom stereocenters.